The molecule has 0 saturated carbocycles. The van der Waals surface area contributed by atoms with Crippen molar-refractivity contribution in [3.8, 4) is 11.8 Å². The highest BCUT2D eigenvalue weighted by Gasteiger charge is 2.25. The van der Waals surface area contributed by atoms with Crippen molar-refractivity contribution in [3.05, 3.63) is 46.7 Å². The van der Waals surface area contributed by atoms with Gasteiger partial charge in [-0.2, -0.15) is 0 Å². The van der Waals surface area contributed by atoms with Gasteiger partial charge in [-0.25, -0.2) is 9.97 Å². The lowest BCUT2D eigenvalue weighted by molar-refractivity contribution is -0.136. The second-order valence-electron chi connectivity index (χ2n) is 5.96. The third kappa shape index (κ3) is 4.92. The first kappa shape index (κ1) is 17.7. The van der Waals surface area contributed by atoms with E-state index < -0.39 is 0 Å². The predicted octanol–water partition coefficient (Wildman–Crippen LogP) is 3.00. The number of hydrogen-bond donors (Lipinski definition) is 0. The number of carbonyl (C=O) groups excluding carboxylic acids is 1. The monoisotopic (exact) mass is 405 g/mol. The molecule has 2 heterocycles. The average Bonchev–Trinajstić information content (AvgIpc) is 2.63. The van der Waals surface area contributed by atoms with E-state index in [1.165, 1.54) is 0 Å². The van der Waals surface area contributed by atoms with Crippen molar-refractivity contribution in [1.29, 1.82) is 0 Å². The van der Waals surface area contributed by atoms with Crippen LogP contribution in [0.1, 0.15) is 18.4 Å². The second-order valence-corrected chi connectivity index (χ2v) is 6.88. The summed E-state index contributed by atoms with van der Waals surface area (Å²) in [4.78, 5) is 22.5. The number of para-hydroxylation sites is 1. The van der Waals surface area contributed by atoms with Crippen molar-refractivity contribution in [2.45, 2.75) is 25.9 Å². The van der Waals surface area contributed by atoms with Crippen LogP contribution in [0.25, 0.3) is 0 Å². The molecule has 3 rings (SSSR count). The van der Waals surface area contributed by atoms with Crippen LogP contribution in [0.4, 0.5) is 0 Å². The SMILES string of the molecule is Cc1ccccc1OCC(=O)N1CCCC(Oc2ncc(Br)cn2)C1. The normalized spacial score (nSPS) is 17.2. The molecule has 2 aromatic rings. The van der Waals surface area contributed by atoms with Gasteiger partial charge >= 0.3 is 6.01 Å². The Balaban J connectivity index is 1.52. The molecule has 0 bridgehead atoms. The van der Waals surface area contributed by atoms with Crippen molar-refractivity contribution >= 4 is 21.8 Å². The lowest BCUT2D eigenvalue weighted by Gasteiger charge is -2.32. The molecule has 6 nitrogen and oxygen atoms in total. The Morgan fingerprint density at radius 1 is 1.32 bits per heavy atom. The van der Waals surface area contributed by atoms with Crippen molar-refractivity contribution in [2.75, 3.05) is 19.7 Å². The van der Waals surface area contributed by atoms with Crippen LogP contribution in [0.5, 0.6) is 11.8 Å². The van der Waals surface area contributed by atoms with Crippen LogP contribution < -0.4 is 9.47 Å². The average molecular weight is 406 g/mol. The van der Waals surface area contributed by atoms with Crippen LogP contribution in [0, 0.1) is 6.92 Å². The third-order valence-corrected chi connectivity index (χ3v) is 4.45. The lowest BCUT2D eigenvalue weighted by Crippen LogP contribution is -2.46. The fraction of sp³-hybridized carbons (Fsp3) is 0.389. The molecule has 1 aromatic heterocycles. The van der Waals surface area contributed by atoms with Crippen LogP contribution >= 0.6 is 15.9 Å². The number of rotatable bonds is 5. The van der Waals surface area contributed by atoms with E-state index in [0.29, 0.717) is 12.6 Å². The molecule has 1 unspecified atom stereocenters. The fourth-order valence-electron chi connectivity index (χ4n) is 2.72. The molecule has 0 spiro atoms. The highest BCUT2D eigenvalue weighted by atomic mass is 79.9. The van der Waals surface area contributed by atoms with Gasteiger partial charge < -0.3 is 14.4 Å². The van der Waals surface area contributed by atoms with Crippen LogP contribution in [0.2, 0.25) is 0 Å². The van der Waals surface area contributed by atoms with Crippen molar-refractivity contribution in [1.82, 2.24) is 14.9 Å². The smallest absolute Gasteiger partial charge is 0.316 e. The number of likely N-dealkylation sites (tertiary alicyclic amines) is 1. The van der Waals surface area contributed by atoms with E-state index in [1.54, 1.807) is 17.3 Å². The summed E-state index contributed by atoms with van der Waals surface area (Å²) in [6.07, 6.45) is 4.95. The number of halogens is 1. The molecule has 1 saturated heterocycles. The van der Waals surface area contributed by atoms with Gasteiger partial charge in [0.2, 0.25) is 0 Å². The summed E-state index contributed by atoms with van der Waals surface area (Å²) in [6, 6.07) is 8.01. The van der Waals surface area contributed by atoms with Crippen LogP contribution in [0.15, 0.2) is 41.1 Å². The Morgan fingerprint density at radius 2 is 2.08 bits per heavy atom. The molecule has 0 N–H and O–H groups in total. The number of ether oxygens (including phenoxy) is 2. The molecule has 0 aliphatic carbocycles. The second kappa shape index (κ2) is 8.29. The third-order valence-electron chi connectivity index (χ3n) is 4.04. The van der Waals surface area contributed by atoms with Gasteiger partial charge in [-0.05, 0) is 47.3 Å². The van der Waals surface area contributed by atoms with Crippen molar-refractivity contribution in [3.63, 3.8) is 0 Å². The van der Waals surface area contributed by atoms with Gasteiger partial charge in [0.1, 0.15) is 11.9 Å². The number of piperidine rings is 1. The summed E-state index contributed by atoms with van der Waals surface area (Å²) in [5.41, 5.74) is 1.02. The Morgan fingerprint density at radius 3 is 2.84 bits per heavy atom. The first-order valence-corrected chi connectivity index (χ1v) is 9.01. The molecule has 0 radical (unpaired) electrons. The van der Waals surface area contributed by atoms with E-state index in [2.05, 4.69) is 25.9 Å². The maximum absolute atomic E-state index is 12.4. The van der Waals surface area contributed by atoms with E-state index >= 15 is 0 Å². The summed E-state index contributed by atoms with van der Waals surface area (Å²) in [5, 5.41) is 0. The minimum absolute atomic E-state index is 0.0340. The molecule has 132 valence electrons. The quantitative estimate of drug-likeness (QED) is 0.764. The predicted molar refractivity (Wildman–Crippen MR) is 96.6 cm³/mol. The summed E-state index contributed by atoms with van der Waals surface area (Å²) >= 11 is 3.29. The number of carbonyl (C=O) groups is 1. The molecule has 1 amide bonds. The van der Waals surface area contributed by atoms with Gasteiger partial charge in [0, 0.05) is 18.9 Å². The maximum Gasteiger partial charge on any atom is 0.316 e. The van der Waals surface area contributed by atoms with Gasteiger partial charge in [0.25, 0.3) is 5.91 Å². The summed E-state index contributed by atoms with van der Waals surface area (Å²) < 4.78 is 12.3. The number of benzene rings is 1. The minimum Gasteiger partial charge on any atom is -0.484 e. The summed E-state index contributed by atoms with van der Waals surface area (Å²) in [6.45, 7) is 3.24. The van der Waals surface area contributed by atoms with Gasteiger partial charge in [-0.3, -0.25) is 4.79 Å². The van der Waals surface area contributed by atoms with E-state index in [0.717, 1.165) is 35.2 Å². The molecule has 1 aromatic carbocycles. The van der Waals surface area contributed by atoms with E-state index in [9.17, 15) is 4.79 Å². The maximum atomic E-state index is 12.4. The van der Waals surface area contributed by atoms with E-state index in [4.69, 9.17) is 9.47 Å². The lowest BCUT2D eigenvalue weighted by atomic mass is 10.1. The Hall–Kier alpha value is -2.15. The molecule has 7 heteroatoms. The Labute approximate surface area is 155 Å². The van der Waals surface area contributed by atoms with E-state index in [1.807, 2.05) is 31.2 Å². The van der Waals surface area contributed by atoms with Gasteiger partial charge in [-0.1, -0.05) is 18.2 Å². The number of hydrogen-bond acceptors (Lipinski definition) is 5. The number of amides is 1. The molecule has 25 heavy (non-hydrogen) atoms. The zero-order chi connectivity index (χ0) is 17.6. The Kier molecular flexibility index (Phi) is 5.86. The topological polar surface area (TPSA) is 64.5 Å². The van der Waals surface area contributed by atoms with Crippen LogP contribution in [-0.4, -0.2) is 46.6 Å². The molecular formula is C18H20BrN3O3. The Bertz CT molecular complexity index is 724. The molecule has 1 fully saturated rings. The fourth-order valence-corrected chi connectivity index (χ4v) is 2.93. The van der Waals surface area contributed by atoms with Gasteiger partial charge in [0.05, 0.1) is 11.0 Å². The molecular weight excluding hydrogens is 386 g/mol. The first-order chi connectivity index (χ1) is 12.1. The highest BCUT2D eigenvalue weighted by Crippen LogP contribution is 2.18. The number of aryl methyl sites for hydroxylation is 1. The van der Waals surface area contributed by atoms with Crippen LogP contribution in [0.3, 0.4) is 0 Å². The van der Waals surface area contributed by atoms with Gasteiger partial charge in [-0.15, -0.1) is 0 Å². The highest BCUT2D eigenvalue weighted by molar-refractivity contribution is 9.10. The number of nitrogens with zero attached hydrogens (tertiary/aromatic N) is 3. The molecule has 1 aliphatic heterocycles. The molecule has 1 aliphatic rings. The zero-order valence-corrected chi connectivity index (χ0v) is 15.6. The van der Waals surface area contributed by atoms with Gasteiger partial charge in [0.15, 0.2) is 6.61 Å². The standard InChI is InChI=1S/C18H20BrN3O3/c1-13-5-2-3-7-16(13)24-12-17(23)22-8-4-6-15(11-22)25-18-20-9-14(19)10-21-18/h2-3,5,7,9-10,15H,4,6,8,11-12H2,1H3. The summed E-state index contributed by atoms with van der Waals surface area (Å²) in [5.74, 6) is 0.706. The number of aromatic nitrogens is 2. The molecule has 1 atom stereocenters. The summed E-state index contributed by atoms with van der Waals surface area (Å²) in [7, 11) is 0. The first-order valence-electron chi connectivity index (χ1n) is 8.22. The van der Waals surface area contributed by atoms with Crippen molar-refractivity contribution < 1.29 is 14.3 Å². The largest absolute Gasteiger partial charge is 0.484 e. The minimum atomic E-state index is -0.0997. The van der Waals surface area contributed by atoms with Crippen molar-refractivity contribution in [2.24, 2.45) is 0 Å². The van der Waals surface area contributed by atoms with Crippen LogP contribution in [-0.2, 0) is 4.79 Å². The van der Waals surface area contributed by atoms with E-state index in [-0.39, 0.29) is 18.6 Å². The zero-order valence-electron chi connectivity index (χ0n) is 14.0.